The lowest BCUT2D eigenvalue weighted by Gasteiger charge is -2.27. The number of rotatable bonds is 5. The number of para-hydroxylation sites is 1. The minimum absolute atomic E-state index is 0.0707. The predicted molar refractivity (Wildman–Crippen MR) is 98.5 cm³/mol. The molecule has 1 amide bonds. The molecule has 2 aromatic carbocycles. The Labute approximate surface area is 153 Å². The van der Waals surface area contributed by atoms with Crippen molar-refractivity contribution in [3.05, 3.63) is 58.6 Å². The van der Waals surface area contributed by atoms with E-state index in [1.54, 1.807) is 13.2 Å². The molecule has 0 saturated carbocycles. The van der Waals surface area contributed by atoms with Gasteiger partial charge < -0.3 is 14.4 Å². The fourth-order valence-electron chi connectivity index (χ4n) is 3.02. The van der Waals surface area contributed by atoms with E-state index in [4.69, 9.17) is 21.1 Å². The highest BCUT2D eigenvalue weighted by Gasteiger charge is 2.19. The van der Waals surface area contributed by atoms with Crippen LogP contribution < -0.4 is 9.47 Å². The monoisotopic (exact) mass is 359 g/mol. The Kier molecular flexibility index (Phi) is 5.82. The first kappa shape index (κ1) is 17.6. The van der Waals surface area contributed by atoms with Crippen LogP contribution in [0.25, 0.3) is 0 Å². The van der Waals surface area contributed by atoms with Gasteiger partial charge in [-0.2, -0.15) is 0 Å². The second-order valence-corrected chi connectivity index (χ2v) is 6.51. The quantitative estimate of drug-likeness (QED) is 0.785. The topological polar surface area (TPSA) is 38.8 Å². The third kappa shape index (κ3) is 4.26. The maximum atomic E-state index is 12.7. The Hall–Kier alpha value is -2.20. The summed E-state index contributed by atoms with van der Waals surface area (Å²) >= 11 is 6.13. The number of carbonyl (C=O) groups is 1. The third-order valence-corrected chi connectivity index (χ3v) is 4.70. The highest BCUT2D eigenvalue weighted by molar-refractivity contribution is 6.32. The Morgan fingerprint density at radius 1 is 1.08 bits per heavy atom. The molecule has 132 valence electrons. The summed E-state index contributed by atoms with van der Waals surface area (Å²) < 4.78 is 11.2. The van der Waals surface area contributed by atoms with Crippen LogP contribution in [-0.4, -0.2) is 31.0 Å². The zero-order valence-electron chi connectivity index (χ0n) is 14.3. The summed E-state index contributed by atoms with van der Waals surface area (Å²) in [5.74, 6) is 1.38. The first-order valence-electron chi connectivity index (χ1n) is 8.52. The SMILES string of the molecule is COc1ccc(C(=O)N2CCCCC2)cc1COc1ccccc1Cl. The Morgan fingerprint density at radius 2 is 1.84 bits per heavy atom. The van der Waals surface area contributed by atoms with Crippen LogP contribution in [0.15, 0.2) is 42.5 Å². The average molecular weight is 360 g/mol. The number of halogens is 1. The molecule has 1 heterocycles. The lowest BCUT2D eigenvalue weighted by Crippen LogP contribution is -2.35. The summed E-state index contributed by atoms with van der Waals surface area (Å²) in [6.45, 7) is 1.95. The lowest BCUT2D eigenvalue weighted by molar-refractivity contribution is 0.0724. The zero-order valence-corrected chi connectivity index (χ0v) is 15.1. The first-order valence-corrected chi connectivity index (χ1v) is 8.90. The van der Waals surface area contributed by atoms with Gasteiger partial charge in [0.1, 0.15) is 18.1 Å². The van der Waals surface area contributed by atoms with Gasteiger partial charge in [0.2, 0.25) is 0 Å². The molecule has 25 heavy (non-hydrogen) atoms. The van der Waals surface area contributed by atoms with Gasteiger partial charge in [0, 0.05) is 24.2 Å². The highest BCUT2D eigenvalue weighted by atomic mass is 35.5. The van der Waals surface area contributed by atoms with Gasteiger partial charge in [-0.3, -0.25) is 4.79 Å². The maximum absolute atomic E-state index is 12.7. The van der Waals surface area contributed by atoms with Gasteiger partial charge in [0.15, 0.2) is 0 Å². The summed E-state index contributed by atoms with van der Waals surface area (Å²) in [5.41, 5.74) is 1.49. The van der Waals surface area contributed by atoms with Gasteiger partial charge in [0.05, 0.1) is 12.1 Å². The molecular weight excluding hydrogens is 338 g/mol. The molecule has 0 bridgehead atoms. The number of hydrogen-bond acceptors (Lipinski definition) is 3. The summed E-state index contributed by atoms with van der Waals surface area (Å²) in [4.78, 5) is 14.6. The Balaban J connectivity index is 1.77. The Morgan fingerprint density at radius 3 is 2.56 bits per heavy atom. The number of hydrogen-bond donors (Lipinski definition) is 0. The minimum atomic E-state index is 0.0707. The molecule has 0 N–H and O–H groups in total. The van der Waals surface area contributed by atoms with Crippen LogP contribution in [0.4, 0.5) is 0 Å². The molecule has 0 atom stereocenters. The van der Waals surface area contributed by atoms with E-state index in [1.807, 2.05) is 41.3 Å². The molecule has 1 saturated heterocycles. The van der Waals surface area contributed by atoms with E-state index in [2.05, 4.69) is 0 Å². The number of ether oxygens (including phenoxy) is 2. The molecule has 0 spiro atoms. The average Bonchev–Trinajstić information content (AvgIpc) is 2.67. The van der Waals surface area contributed by atoms with Crippen LogP contribution >= 0.6 is 11.6 Å². The van der Waals surface area contributed by atoms with Crippen molar-refractivity contribution in [1.29, 1.82) is 0 Å². The van der Waals surface area contributed by atoms with Gasteiger partial charge in [-0.15, -0.1) is 0 Å². The summed E-state index contributed by atoms with van der Waals surface area (Å²) in [7, 11) is 1.61. The molecule has 1 aliphatic heterocycles. The van der Waals surface area contributed by atoms with Gasteiger partial charge in [-0.25, -0.2) is 0 Å². The van der Waals surface area contributed by atoms with E-state index in [0.29, 0.717) is 22.1 Å². The molecule has 0 unspecified atom stereocenters. The van der Waals surface area contributed by atoms with Crippen LogP contribution in [0.1, 0.15) is 35.2 Å². The number of nitrogens with zero attached hydrogens (tertiary/aromatic N) is 1. The van der Waals surface area contributed by atoms with Crippen molar-refractivity contribution >= 4 is 17.5 Å². The number of likely N-dealkylation sites (tertiary alicyclic amines) is 1. The summed E-state index contributed by atoms with van der Waals surface area (Å²) in [6, 6.07) is 12.8. The van der Waals surface area contributed by atoms with Gasteiger partial charge in [0.25, 0.3) is 5.91 Å². The van der Waals surface area contributed by atoms with Crippen LogP contribution in [0, 0.1) is 0 Å². The zero-order chi connectivity index (χ0) is 17.6. The fourth-order valence-corrected chi connectivity index (χ4v) is 3.21. The van der Waals surface area contributed by atoms with E-state index >= 15 is 0 Å². The molecule has 0 radical (unpaired) electrons. The molecule has 1 aliphatic rings. The van der Waals surface area contributed by atoms with Gasteiger partial charge in [-0.05, 0) is 49.6 Å². The van der Waals surface area contributed by atoms with Crippen molar-refractivity contribution in [2.45, 2.75) is 25.9 Å². The van der Waals surface area contributed by atoms with E-state index < -0.39 is 0 Å². The first-order chi connectivity index (χ1) is 12.2. The van der Waals surface area contributed by atoms with Crippen molar-refractivity contribution in [2.75, 3.05) is 20.2 Å². The van der Waals surface area contributed by atoms with Crippen molar-refractivity contribution < 1.29 is 14.3 Å². The van der Waals surface area contributed by atoms with Crippen molar-refractivity contribution in [2.24, 2.45) is 0 Å². The standard InChI is InChI=1S/C20H22ClNO3/c1-24-18-10-9-15(20(23)22-11-5-2-6-12-22)13-16(18)14-25-19-8-4-3-7-17(19)21/h3-4,7-10,13H,2,5-6,11-12,14H2,1H3. The van der Waals surface area contributed by atoms with Crippen molar-refractivity contribution in [1.82, 2.24) is 4.90 Å². The van der Waals surface area contributed by atoms with Gasteiger partial charge >= 0.3 is 0 Å². The van der Waals surface area contributed by atoms with E-state index in [9.17, 15) is 4.79 Å². The smallest absolute Gasteiger partial charge is 0.253 e. The predicted octanol–water partition coefficient (Wildman–Crippen LogP) is 4.55. The van der Waals surface area contributed by atoms with Crippen LogP contribution in [0.3, 0.4) is 0 Å². The number of methoxy groups -OCH3 is 1. The van der Waals surface area contributed by atoms with Crippen molar-refractivity contribution in [3.8, 4) is 11.5 Å². The van der Waals surface area contributed by atoms with Crippen molar-refractivity contribution in [3.63, 3.8) is 0 Å². The number of benzene rings is 2. The number of amides is 1. The molecule has 5 heteroatoms. The fraction of sp³-hybridized carbons (Fsp3) is 0.350. The van der Waals surface area contributed by atoms with Crippen LogP contribution in [0.2, 0.25) is 5.02 Å². The molecule has 4 nitrogen and oxygen atoms in total. The van der Waals surface area contributed by atoms with Gasteiger partial charge in [-0.1, -0.05) is 23.7 Å². The highest BCUT2D eigenvalue weighted by Crippen LogP contribution is 2.27. The molecule has 0 aromatic heterocycles. The van der Waals surface area contributed by atoms with E-state index in [1.165, 1.54) is 6.42 Å². The van der Waals surface area contributed by atoms with E-state index in [0.717, 1.165) is 31.5 Å². The maximum Gasteiger partial charge on any atom is 0.253 e. The largest absolute Gasteiger partial charge is 0.496 e. The van der Waals surface area contributed by atoms with E-state index in [-0.39, 0.29) is 12.5 Å². The van der Waals surface area contributed by atoms with Crippen LogP contribution in [-0.2, 0) is 6.61 Å². The van der Waals surface area contributed by atoms with Crippen LogP contribution in [0.5, 0.6) is 11.5 Å². The normalized spacial score (nSPS) is 14.2. The number of piperidine rings is 1. The summed E-state index contributed by atoms with van der Waals surface area (Å²) in [6.07, 6.45) is 3.35. The molecule has 2 aromatic rings. The minimum Gasteiger partial charge on any atom is -0.496 e. The second-order valence-electron chi connectivity index (χ2n) is 6.10. The number of carbonyl (C=O) groups excluding carboxylic acids is 1. The summed E-state index contributed by atoms with van der Waals surface area (Å²) in [5, 5.41) is 0.557. The second kappa shape index (κ2) is 8.26. The molecule has 0 aliphatic carbocycles. The molecular formula is C20H22ClNO3. The lowest BCUT2D eigenvalue weighted by atomic mass is 10.1. The Bertz CT molecular complexity index is 741. The third-order valence-electron chi connectivity index (χ3n) is 4.39. The molecule has 1 fully saturated rings. The molecule has 3 rings (SSSR count).